The molecule has 1 aliphatic carbocycles. The Bertz CT molecular complexity index is 509. The molecule has 96 valence electrons. The SMILES string of the molecule is Cc1cc(C)c(C2=NO[C@@H]3[C@@H](C)[C@@H](C)[C@H]23)c(C)c1. The van der Waals surface area contributed by atoms with Crippen LogP contribution in [0.5, 0.6) is 0 Å². The Morgan fingerprint density at radius 1 is 1.00 bits per heavy atom. The Morgan fingerprint density at radius 3 is 2.22 bits per heavy atom. The van der Waals surface area contributed by atoms with Gasteiger partial charge in [0, 0.05) is 11.5 Å². The maximum Gasteiger partial charge on any atom is 0.139 e. The number of rotatable bonds is 1. The topological polar surface area (TPSA) is 21.6 Å². The lowest BCUT2D eigenvalue weighted by molar-refractivity contribution is -0.0758. The summed E-state index contributed by atoms with van der Waals surface area (Å²) in [5.41, 5.74) is 6.46. The van der Waals surface area contributed by atoms with Gasteiger partial charge in [0.15, 0.2) is 0 Å². The Balaban J connectivity index is 2.03. The standard InChI is InChI=1S/C16H21NO/c1-8-6-9(2)13(10(3)7-8)15-14-11(4)12(5)16(14)18-17-15/h6-7,11-12,14,16H,1-5H3/t11-,12+,14-,16-/m1/s1. The van der Waals surface area contributed by atoms with E-state index < -0.39 is 0 Å². The van der Waals surface area contributed by atoms with Crippen LogP contribution in [0.3, 0.4) is 0 Å². The predicted octanol–water partition coefficient (Wildman–Crippen LogP) is 3.62. The third-order valence-electron chi connectivity index (χ3n) is 4.79. The zero-order valence-electron chi connectivity index (χ0n) is 11.8. The average Bonchev–Trinajstić information content (AvgIpc) is 2.67. The van der Waals surface area contributed by atoms with Gasteiger partial charge >= 0.3 is 0 Å². The fourth-order valence-corrected chi connectivity index (χ4v) is 3.65. The first-order chi connectivity index (χ1) is 8.50. The number of fused-ring (bicyclic) bond motifs is 1. The summed E-state index contributed by atoms with van der Waals surface area (Å²) in [5.74, 6) is 1.80. The molecule has 4 atom stereocenters. The van der Waals surface area contributed by atoms with Crippen molar-refractivity contribution in [2.24, 2.45) is 22.9 Å². The van der Waals surface area contributed by atoms with Gasteiger partial charge in [-0.25, -0.2) is 0 Å². The lowest BCUT2D eigenvalue weighted by Gasteiger charge is -2.43. The molecule has 2 nitrogen and oxygen atoms in total. The molecule has 1 fully saturated rings. The van der Waals surface area contributed by atoms with E-state index in [2.05, 4.69) is 51.9 Å². The summed E-state index contributed by atoms with van der Waals surface area (Å²) in [6, 6.07) is 4.48. The van der Waals surface area contributed by atoms with E-state index in [9.17, 15) is 0 Å². The first kappa shape index (κ1) is 11.8. The second-order valence-electron chi connectivity index (χ2n) is 6.06. The molecule has 0 N–H and O–H groups in total. The van der Waals surface area contributed by atoms with Gasteiger partial charge in [0.25, 0.3) is 0 Å². The lowest BCUT2D eigenvalue weighted by Crippen LogP contribution is -2.50. The summed E-state index contributed by atoms with van der Waals surface area (Å²) in [6.07, 6.45) is 0.315. The highest BCUT2D eigenvalue weighted by molar-refractivity contribution is 6.06. The van der Waals surface area contributed by atoms with Crippen molar-refractivity contribution in [3.8, 4) is 0 Å². The maximum absolute atomic E-state index is 5.63. The molecule has 0 bridgehead atoms. The third-order valence-corrected chi connectivity index (χ3v) is 4.79. The van der Waals surface area contributed by atoms with Crippen LogP contribution in [0, 0.1) is 38.5 Å². The molecule has 1 saturated carbocycles. The summed E-state index contributed by atoms with van der Waals surface area (Å²) < 4.78 is 0. The van der Waals surface area contributed by atoms with Crippen molar-refractivity contribution >= 4 is 5.71 Å². The number of oxime groups is 1. The van der Waals surface area contributed by atoms with Crippen molar-refractivity contribution in [1.29, 1.82) is 0 Å². The number of nitrogens with zero attached hydrogens (tertiary/aromatic N) is 1. The molecule has 2 aliphatic rings. The largest absolute Gasteiger partial charge is 0.391 e. The molecule has 0 spiro atoms. The molecule has 3 rings (SSSR count). The van der Waals surface area contributed by atoms with Crippen molar-refractivity contribution in [3.63, 3.8) is 0 Å². The Hall–Kier alpha value is -1.31. The number of hydrogen-bond acceptors (Lipinski definition) is 2. The van der Waals surface area contributed by atoms with Gasteiger partial charge in [-0.2, -0.15) is 0 Å². The molecule has 1 aliphatic heterocycles. The fraction of sp³-hybridized carbons (Fsp3) is 0.562. The van der Waals surface area contributed by atoms with E-state index in [1.165, 1.54) is 28.0 Å². The number of aryl methyl sites for hydroxylation is 3. The van der Waals surface area contributed by atoms with Gasteiger partial charge in [-0.15, -0.1) is 0 Å². The molecule has 1 aromatic rings. The minimum atomic E-state index is 0.315. The zero-order chi connectivity index (χ0) is 13.0. The van der Waals surface area contributed by atoms with Gasteiger partial charge < -0.3 is 4.84 Å². The predicted molar refractivity (Wildman–Crippen MR) is 73.9 cm³/mol. The molecule has 18 heavy (non-hydrogen) atoms. The Kier molecular flexibility index (Phi) is 2.51. The van der Waals surface area contributed by atoms with Gasteiger partial charge in [0.05, 0.1) is 5.71 Å². The van der Waals surface area contributed by atoms with Crippen LogP contribution in [0.4, 0.5) is 0 Å². The highest BCUT2D eigenvalue weighted by atomic mass is 16.6. The summed E-state index contributed by atoms with van der Waals surface area (Å²) in [4.78, 5) is 5.63. The van der Waals surface area contributed by atoms with Gasteiger partial charge in [-0.1, -0.05) is 36.7 Å². The molecule has 0 aromatic heterocycles. The average molecular weight is 243 g/mol. The summed E-state index contributed by atoms with van der Waals surface area (Å²) in [6.45, 7) is 11.1. The van der Waals surface area contributed by atoms with Gasteiger partial charge in [-0.3, -0.25) is 0 Å². The highest BCUT2D eigenvalue weighted by Gasteiger charge is 2.53. The van der Waals surface area contributed by atoms with Crippen molar-refractivity contribution < 1.29 is 4.84 Å². The molecular formula is C16H21NO. The van der Waals surface area contributed by atoms with Crippen LogP contribution in [-0.2, 0) is 4.84 Å². The molecule has 1 heterocycles. The smallest absolute Gasteiger partial charge is 0.139 e. The highest BCUT2D eigenvalue weighted by Crippen LogP contribution is 2.48. The normalized spacial score (nSPS) is 33.5. The molecular weight excluding hydrogens is 222 g/mol. The molecule has 1 aromatic carbocycles. The zero-order valence-corrected chi connectivity index (χ0v) is 11.8. The van der Waals surface area contributed by atoms with Crippen LogP contribution in [0.2, 0.25) is 0 Å². The number of hydrogen-bond donors (Lipinski definition) is 0. The van der Waals surface area contributed by atoms with Crippen molar-refractivity contribution in [1.82, 2.24) is 0 Å². The van der Waals surface area contributed by atoms with Crippen LogP contribution >= 0.6 is 0 Å². The first-order valence-corrected chi connectivity index (χ1v) is 6.82. The summed E-state index contributed by atoms with van der Waals surface area (Å²) in [5, 5.41) is 4.40. The maximum atomic E-state index is 5.63. The minimum Gasteiger partial charge on any atom is -0.391 e. The Morgan fingerprint density at radius 2 is 1.61 bits per heavy atom. The van der Waals surface area contributed by atoms with E-state index in [0.717, 1.165) is 0 Å². The minimum absolute atomic E-state index is 0.315. The van der Waals surface area contributed by atoms with Crippen molar-refractivity contribution in [2.45, 2.75) is 40.7 Å². The van der Waals surface area contributed by atoms with Gasteiger partial charge in [-0.05, 0) is 43.7 Å². The van der Waals surface area contributed by atoms with E-state index in [1.807, 2.05) is 0 Å². The van der Waals surface area contributed by atoms with E-state index in [1.54, 1.807) is 0 Å². The van der Waals surface area contributed by atoms with Gasteiger partial charge in [0.2, 0.25) is 0 Å². The molecule has 0 radical (unpaired) electrons. The second-order valence-corrected chi connectivity index (χ2v) is 6.06. The lowest BCUT2D eigenvalue weighted by atomic mass is 9.61. The second kappa shape index (κ2) is 3.84. The third kappa shape index (κ3) is 1.44. The molecule has 0 amide bonds. The monoisotopic (exact) mass is 243 g/mol. The van der Waals surface area contributed by atoms with E-state index in [0.29, 0.717) is 23.9 Å². The van der Waals surface area contributed by atoms with Crippen LogP contribution in [-0.4, -0.2) is 11.8 Å². The molecule has 0 saturated heterocycles. The fourth-order valence-electron chi connectivity index (χ4n) is 3.65. The summed E-state index contributed by atoms with van der Waals surface area (Å²) >= 11 is 0. The van der Waals surface area contributed by atoms with E-state index >= 15 is 0 Å². The van der Waals surface area contributed by atoms with Crippen molar-refractivity contribution in [3.05, 3.63) is 34.4 Å². The van der Waals surface area contributed by atoms with Gasteiger partial charge in [0.1, 0.15) is 6.10 Å². The summed E-state index contributed by atoms with van der Waals surface area (Å²) in [7, 11) is 0. The molecule has 2 heteroatoms. The first-order valence-electron chi connectivity index (χ1n) is 6.82. The van der Waals surface area contributed by atoms with E-state index in [4.69, 9.17) is 4.84 Å². The van der Waals surface area contributed by atoms with Crippen LogP contribution in [0.1, 0.15) is 36.1 Å². The molecule has 0 unspecified atom stereocenters. The van der Waals surface area contributed by atoms with E-state index in [-0.39, 0.29) is 0 Å². The number of benzene rings is 1. The van der Waals surface area contributed by atoms with Crippen LogP contribution in [0.25, 0.3) is 0 Å². The quantitative estimate of drug-likeness (QED) is 0.738. The van der Waals surface area contributed by atoms with Crippen molar-refractivity contribution in [2.75, 3.05) is 0 Å². The Labute approximate surface area is 109 Å². The van der Waals surface area contributed by atoms with Crippen LogP contribution < -0.4 is 0 Å². The van der Waals surface area contributed by atoms with Crippen LogP contribution in [0.15, 0.2) is 17.3 Å².